The van der Waals surface area contributed by atoms with Crippen LogP contribution >= 0.6 is 8.02 Å². The van der Waals surface area contributed by atoms with E-state index < -0.39 is 0 Å². The summed E-state index contributed by atoms with van der Waals surface area (Å²) in [6.07, 6.45) is 3.15. The van der Waals surface area contributed by atoms with Crippen molar-refractivity contribution in [3.05, 3.63) is 18.5 Å². The van der Waals surface area contributed by atoms with Gasteiger partial charge >= 0.3 is 0 Å². The molecule has 0 aliphatic rings. The van der Waals surface area contributed by atoms with Gasteiger partial charge in [-0.1, -0.05) is 11.8 Å². The van der Waals surface area contributed by atoms with E-state index in [0.717, 1.165) is 0 Å². The quantitative estimate of drug-likeness (QED) is 0.497. The number of hydrogen-bond donors (Lipinski definition) is 0. The summed E-state index contributed by atoms with van der Waals surface area (Å²) in [4.78, 5) is 0. The Morgan fingerprint density at radius 1 is 1.12 bits per heavy atom. The molecule has 0 amide bonds. The number of nitrogens with zero attached hydrogens (tertiary/aromatic N) is 3. The fourth-order valence-corrected chi connectivity index (χ4v) is 0.205. The van der Waals surface area contributed by atoms with E-state index in [4.69, 9.17) is 0 Å². The van der Waals surface area contributed by atoms with Crippen LogP contribution in [0.15, 0.2) is 18.5 Å². The van der Waals surface area contributed by atoms with Gasteiger partial charge in [-0.3, -0.25) is 0 Å². The zero-order chi connectivity index (χ0) is 6.24. The maximum Gasteiger partial charge on any atom is 0.0529 e. The normalized spacial score (nSPS) is 6.50. The average Bonchev–Trinajstić information content (AvgIpc) is 1.96. The predicted octanol–water partition coefficient (Wildman–Crippen LogP) is 0.463. The lowest BCUT2D eigenvalue weighted by Gasteiger charge is -1.68. The van der Waals surface area contributed by atoms with Gasteiger partial charge in [-0.2, -0.15) is 0 Å². The van der Waals surface area contributed by atoms with Crippen LogP contribution < -0.4 is 0 Å². The molecule has 8 heavy (non-hydrogen) atoms. The van der Waals surface area contributed by atoms with Gasteiger partial charge in [0.05, 0.1) is 12.4 Å². The molecule has 0 aromatic carbocycles. The smallest absolute Gasteiger partial charge is 0.0529 e. The molecule has 1 aromatic heterocycles. The largest absolute Gasteiger partial charge is 0.139 e. The third kappa shape index (κ3) is 3.71. The van der Waals surface area contributed by atoms with E-state index in [1.165, 1.54) is 0 Å². The molecule has 0 spiro atoms. The first-order valence-electron chi connectivity index (χ1n) is 1.79. The Morgan fingerprint density at radius 2 is 1.62 bits per heavy atom. The highest BCUT2D eigenvalue weighted by Crippen LogP contribution is 1.61. The van der Waals surface area contributed by atoms with E-state index in [0.29, 0.717) is 0 Å². The third-order valence-corrected chi connectivity index (χ3v) is 0.409. The van der Waals surface area contributed by atoms with Gasteiger partial charge in [-0.05, 0) is 19.3 Å². The van der Waals surface area contributed by atoms with Crippen LogP contribution in [0.3, 0.4) is 0 Å². The van der Waals surface area contributed by atoms with Crippen molar-refractivity contribution in [3.63, 3.8) is 0 Å². The minimum Gasteiger partial charge on any atom is -0.139 e. The molecule has 0 aliphatic heterocycles. The molecular formula is C3H4N3PS. The summed E-state index contributed by atoms with van der Waals surface area (Å²) in [5.41, 5.74) is 0. The van der Waals surface area contributed by atoms with Gasteiger partial charge in [-0.25, -0.2) is 0 Å². The molecule has 0 atom stereocenters. The molecule has 1 rings (SSSR count). The van der Waals surface area contributed by atoms with Crippen LogP contribution in [0, 0.1) is 0 Å². The van der Waals surface area contributed by atoms with Gasteiger partial charge in [0, 0.05) is 0 Å². The average molecular weight is 145 g/mol. The van der Waals surface area contributed by atoms with Crippen molar-refractivity contribution in [1.29, 1.82) is 0 Å². The summed E-state index contributed by atoms with van der Waals surface area (Å²) in [5.74, 6) is 0. The third-order valence-electron chi connectivity index (χ3n) is 0.409. The molecule has 0 aliphatic carbocycles. The molecule has 0 fully saturated rings. The van der Waals surface area contributed by atoms with E-state index in [9.17, 15) is 0 Å². The first-order chi connectivity index (χ1) is 4.00. The Balaban J connectivity index is 0.000000222. The summed E-state index contributed by atoms with van der Waals surface area (Å²) in [6, 6.07) is 1.72. The lowest BCUT2D eigenvalue weighted by molar-refractivity contribution is 0.865. The van der Waals surface area contributed by atoms with Crippen LogP contribution in [0.25, 0.3) is 0 Å². The Bertz CT molecular complexity index is 97.4. The van der Waals surface area contributed by atoms with Crippen LogP contribution in [-0.2, 0) is 11.8 Å². The first-order valence-corrected chi connectivity index (χ1v) is 3.42. The minimum atomic E-state index is 1.58. The van der Waals surface area contributed by atoms with E-state index in [-0.39, 0.29) is 0 Å². The number of rotatable bonds is 0. The van der Waals surface area contributed by atoms with Crippen LogP contribution in [0.4, 0.5) is 0 Å². The molecule has 0 bridgehead atoms. The first kappa shape index (κ1) is 7.53. The minimum absolute atomic E-state index is 1.58. The summed E-state index contributed by atoms with van der Waals surface area (Å²) in [7, 11) is 2.56. The van der Waals surface area contributed by atoms with Gasteiger partial charge in [0.2, 0.25) is 0 Å². The standard InChI is InChI=1S/C3H3N3.HPS/c1-2-4-6-5-3-1;1-2/h1-3H;1H. The van der Waals surface area contributed by atoms with Crippen molar-refractivity contribution in [2.24, 2.45) is 0 Å². The molecule has 5 heteroatoms. The highest BCUT2D eigenvalue weighted by Gasteiger charge is 1.60. The second kappa shape index (κ2) is 6.53. The molecule has 0 saturated heterocycles. The zero-order valence-corrected chi connectivity index (χ0v) is 5.80. The van der Waals surface area contributed by atoms with Crippen LogP contribution in [0.1, 0.15) is 0 Å². The van der Waals surface area contributed by atoms with Crippen molar-refractivity contribution in [1.82, 2.24) is 15.4 Å². The lowest BCUT2D eigenvalue weighted by atomic mass is 10.7. The molecule has 0 radical (unpaired) electrons. The molecule has 42 valence electrons. The van der Waals surface area contributed by atoms with Gasteiger partial charge in [0.15, 0.2) is 0 Å². The topological polar surface area (TPSA) is 38.7 Å². The van der Waals surface area contributed by atoms with E-state index in [1.807, 2.05) is 0 Å². The van der Waals surface area contributed by atoms with E-state index in [2.05, 4.69) is 35.2 Å². The molecule has 0 N–H and O–H groups in total. The Morgan fingerprint density at radius 3 is 1.75 bits per heavy atom. The molecule has 1 heterocycles. The van der Waals surface area contributed by atoms with Crippen molar-refractivity contribution in [3.8, 4) is 0 Å². The second-order valence-electron chi connectivity index (χ2n) is 0.811. The van der Waals surface area contributed by atoms with Crippen molar-refractivity contribution in [2.75, 3.05) is 0 Å². The monoisotopic (exact) mass is 145 g/mol. The van der Waals surface area contributed by atoms with Crippen LogP contribution in [-0.4, -0.2) is 15.4 Å². The van der Waals surface area contributed by atoms with Gasteiger partial charge in [-0.15, -0.1) is 10.2 Å². The van der Waals surface area contributed by atoms with Crippen LogP contribution in [0.2, 0.25) is 0 Å². The summed E-state index contributed by atoms with van der Waals surface area (Å²) in [6.45, 7) is 0. The van der Waals surface area contributed by atoms with Crippen LogP contribution in [0.5, 0.6) is 0 Å². The lowest BCUT2D eigenvalue weighted by Crippen LogP contribution is -1.78. The van der Waals surface area contributed by atoms with E-state index in [1.54, 1.807) is 18.5 Å². The Kier molecular flexibility index (Phi) is 6.15. The SMILES string of the molecule is P=S.c1cnnnc1. The van der Waals surface area contributed by atoms with Crippen molar-refractivity contribution >= 4 is 19.8 Å². The van der Waals surface area contributed by atoms with Crippen molar-refractivity contribution < 1.29 is 0 Å². The van der Waals surface area contributed by atoms with E-state index >= 15 is 0 Å². The molecule has 0 unspecified atom stereocenters. The number of aromatic nitrogens is 3. The Labute approximate surface area is 54.4 Å². The maximum atomic E-state index is 3.89. The second-order valence-corrected chi connectivity index (χ2v) is 0.811. The highest BCUT2D eigenvalue weighted by atomic mass is 32.4. The van der Waals surface area contributed by atoms with Gasteiger partial charge in [0.1, 0.15) is 0 Å². The van der Waals surface area contributed by atoms with Crippen molar-refractivity contribution in [2.45, 2.75) is 0 Å². The maximum absolute atomic E-state index is 3.89. The number of hydrogen-bond acceptors (Lipinski definition) is 4. The van der Waals surface area contributed by atoms with Gasteiger partial charge in [0.25, 0.3) is 0 Å². The Hall–Kier alpha value is -0.470. The summed E-state index contributed by atoms with van der Waals surface area (Å²) in [5, 5.41) is 10.1. The fourth-order valence-electron chi connectivity index (χ4n) is 0.205. The zero-order valence-electron chi connectivity index (χ0n) is 3.98. The van der Waals surface area contributed by atoms with Gasteiger partial charge < -0.3 is 0 Å². The fraction of sp³-hybridized carbons (Fsp3) is 0. The predicted molar refractivity (Wildman–Crippen MR) is 35.5 cm³/mol. The molecule has 3 nitrogen and oxygen atoms in total. The molecular weight excluding hydrogens is 141 g/mol. The highest BCUT2D eigenvalue weighted by molar-refractivity contribution is 7.88. The summed E-state index contributed by atoms with van der Waals surface area (Å²) < 4.78 is 0. The summed E-state index contributed by atoms with van der Waals surface area (Å²) >= 11 is 3.89. The molecule has 1 aromatic rings. The molecule has 0 saturated carbocycles.